The molecule has 0 aromatic rings. The van der Waals surface area contributed by atoms with Gasteiger partial charge in [0.15, 0.2) is 0 Å². The molecule has 6 N–H and O–H groups in total. The number of carbonyl (C=O) groups excluding carboxylic acids is 3. The number of rotatable bonds is 11. The third kappa shape index (κ3) is 7.64. The molecular weight excluding hydrogens is 388 g/mol. The highest BCUT2D eigenvalue weighted by molar-refractivity contribution is 7.98. The molecule has 0 saturated carbocycles. The number of aliphatic carboxylic acids is 1. The van der Waals surface area contributed by atoms with Crippen molar-refractivity contribution in [2.24, 2.45) is 0 Å². The second kappa shape index (κ2) is 11.9. The van der Waals surface area contributed by atoms with Gasteiger partial charge in [-0.25, -0.2) is 4.79 Å². The number of hydrogen-bond acceptors (Lipinski definition) is 7. The number of carbonyl (C=O) groups is 4. The summed E-state index contributed by atoms with van der Waals surface area (Å²) in [6.45, 7) is 3.47. The van der Waals surface area contributed by atoms with Crippen LogP contribution >= 0.6 is 11.8 Å². The van der Waals surface area contributed by atoms with E-state index in [1.807, 2.05) is 6.26 Å². The van der Waals surface area contributed by atoms with Gasteiger partial charge in [0.25, 0.3) is 0 Å². The lowest BCUT2D eigenvalue weighted by molar-refractivity contribution is -0.142. The van der Waals surface area contributed by atoms with Crippen LogP contribution in [0.15, 0.2) is 0 Å². The fourth-order valence-electron chi connectivity index (χ4n) is 2.73. The molecule has 1 heterocycles. The molecule has 11 heteroatoms. The Balaban J connectivity index is 2.63. The number of thioether (sulfide) groups is 1. The fourth-order valence-corrected chi connectivity index (χ4v) is 3.20. The van der Waals surface area contributed by atoms with Crippen molar-refractivity contribution in [3.05, 3.63) is 0 Å². The second-order valence-corrected chi connectivity index (χ2v) is 7.77. The van der Waals surface area contributed by atoms with Crippen LogP contribution in [0.3, 0.4) is 0 Å². The van der Waals surface area contributed by atoms with Crippen molar-refractivity contribution >= 4 is 35.5 Å². The van der Waals surface area contributed by atoms with Gasteiger partial charge >= 0.3 is 5.97 Å². The topological polar surface area (TPSA) is 157 Å². The van der Waals surface area contributed by atoms with Crippen LogP contribution in [0.1, 0.15) is 33.1 Å². The molecule has 0 bridgehead atoms. The molecule has 3 amide bonds. The predicted octanol–water partition coefficient (Wildman–Crippen LogP) is -1.57. The van der Waals surface area contributed by atoms with Gasteiger partial charge in [0.2, 0.25) is 17.7 Å². The first kappa shape index (κ1) is 24.2. The zero-order valence-corrected chi connectivity index (χ0v) is 17.2. The Bertz CT molecular complexity index is 568. The SMILES string of the molecule is CSCCC(NC(=O)C(C)NC(=O)C(NC(=O)C1CCCN1)C(C)O)C(=O)O. The molecule has 1 aliphatic rings. The summed E-state index contributed by atoms with van der Waals surface area (Å²) in [5.41, 5.74) is 0. The summed E-state index contributed by atoms with van der Waals surface area (Å²) >= 11 is 1.46. The lowest BCUT2D eigenvalue weighted by Crippen LogP contribution is -2.59. The normalized spacial score (nSPS) is 20.5. The molecule has 1 aliphatic heterocycles. The molecule has 0 aromatic carbocycles. The minimum atomic E-state index is -1.23. The highest BCUT2D eigenvalue weighted by Crippen LogP contribution is 2.06. The van der Waals surface area contributed by atoms with E-state index in [0.29, 0.717) is 18.7 Å². The number of amides is 3. The molecular formula is C17H30N4O6S. The van der Waals surface area contributed by atoms with Gasteiger partial charge in [-0.3, -0.25) is 14.4 Å². The number of aliphatic hydroxyl groups is 1. The van der Waals surface area contributed by atoms with Crippen LogP contribution in [0, 0.1) is 0 Å². The molecule has 5 unspecified atom stereocenters. The summed E-state index contributed by atoms with van der Waals surface area (Å²) in [6, 6.07) is -3.73. The number of hydrogen-bond donors (Lipinski definition) is 6. The van der Waals surface area contributed by atoms with E-state index in [1.165, 1.54) is 25.6 Å². The van der Waals surface area contributed by atoms with Crippen molar-refractivity contribution in [1.29, 1.82) is 0 Å². The maximum atomic E-state index is 12.4. The third-order valence-electron chi connectivity index (χ3n) is 4.42. The standard InChI is InChI=1S/C17H30N4O6S/c1-9(14(23)20-12(17(26)27)6-8-28-3)19-16(25)13(10(2)22)21-15(24)11-5-4-7-18-11/h9-13,18,22H,4-8H2,1-3H3,(H,19,25)(H,20,23)(H,21,24)(H,26,27). The average Bonchev–Trinajstić information content (AvgIpc) is 3.16. The van der Waals surface area contributed by atoms with Gasteiger partial charge in [-0.05, 0) is 51.7 Å². The monoisotopic (exact) mass is 418 g/mol. The van der Waals surface area contributed by atoms with E-state index < -0.39 is 54.0 Å². The van der Waals surface area contributed by atoms with E-state index in [9.17, 15) is 29.4 Å². The molecule has 0 radical (unpaired) electrons. The summed E-state index contributed by atoms with van der Waals surface area (Å²) in [5.74, 6) is -2.36. The zero-order valence-electron chi connectivity index (χ0n) is 16.4. The van der Waals surface area contributed by atoms with Gasteiger partial charge in [-0.1, -0.05) is 0 Å². The lowest BCUT2D eigenvalue weighted by Gasteiger charge is -2.25. The molecule has 1 saturated heterocycles. The van der Waals surface area contributed by atoms with Crippen LogP contribution in [0.2, 0.25) is 0 Å². The summed E-state index contributed by atoms with van der Waals surface area (Å²) in [4.78, 5) is 48.1. The van der Waals surface area contributed by atoms with E-state index in [0.717, 1.165) is 6.42 Å². The Kier molecular flexibility index (Phi) is 10.3. The average molecular weight is 419 g/mol. The zero-order chi connectivity index (χ0) is 21.3. The highest BCUT2D eigenvalue weighted by atomic mass is 32.2. The van der Waals surface area contributed by atoms with Gasteiger partial charge in [-0.2, -0.15) is 11.8 Å². The maximum Gasteiger partial charge on any atom is 0.326 e. The largest absolute Gasteiger partial charge is 0.480 e. The van der Waals surface area contributed by atoms with Crippen molar-refractivity contribution < 1.29 is 29.4 Å². The number of carboxylic acid groups (broad SMARTS) is 1. The summed E-state index contributed by atoms with van der Waals surface area (Å²) in [7, 11) is 0. The summed E-state index contributed by atoms with van der Waals surface area (Å²) in [6.07, 6.45) is 2.40. The molecule has 1 fully saturated rings. The second-order valence-electron chi connectivity index (χ2n) is 6.79. The smallest absolute Gasteiger partial charge is 0.326 e. The van der Waals surface area contributed by atoms with Crippen LogP contribution in [-0.4, -0.2) is 82.7 Å². The van der Waals surface area contributed by atoms with E-state index in [2.05, 4.69) is 21.3 Å². The van der Waals surface area contributed by atoms with Crippen molar-refractivity contribution in [2.45, 2.75) is 63.4 Å². The van der Waals surface area contributed by atoms with Crippen molar-refractivity contribution in [3.63, 3.8) is 0 Å². The minimum Gasteiger partial charge on any atom is -0.480 e. The van der Waals surface area contributed by atoms with E-state index in [-0.39, 0.29) is 6.42 Å². The minimum absolute atomic E-state index is 0.254. The quantitative estimate of drug-likeness (QED) is 0.235. The first-order valence-corrected chi connectivity index (χ1v) is 10.6. The number of carboxylic acids is 1. The predicted molar refractivity (Wildman–Crippen MR) is 105 cm³/mol. The Morgan fingerprint density at radius 1 is 1.14 bits per heavy atom. The lowest BCUT2D eigenvalue weighted by atomic mass is 10.1. The molecule has 28 heavy (non-hydrogen) atoms. The molecule has 1 rings (SSSR count). The van der Waals surface area contributed by atoms with Crippen molar-refractivity contribution in [3.8, 4) is 0 Å². The first-order chi connectivity index (χ1) is 13.2. The van der Waals surface area contributed by atoms with Crippen LogP contribution in [0.4, 0.5) is 0 Å². The summed E-state index contributed by atoms with van der Waals surface area (Å²) < 4.78 is 0. The molecule has 160 valence electrons. The van der Waals surface area contributed by atoms with Crippen LogP contribution < -0.4 is 21.3 Å². The molecule has 10 nitrogen and oxygen atoms in total. The fraction of sp³-hybridized carbons (Fsp3) is 0.765. The molecule has 0 spiro atoms. The van der Waals surface area contributed by atoms with Crippen LogP contribution in [0.5, 0.6) is 0 Å². The van der Waals surface area contributed by atoms with Crippen molar-refractivity contribution in [2.75, 3.05) is 18.6 Å². The van der Waals surface area contributed by atoms with Gasteiger partial charge in [0, 0.05) is 0 Å². The Morgan fingerprint density at radius 3 is 2.32 bits per heavy atom. The van der Waals surface area contributed by atoms with Gasteiger partial charge in [-0.15, -0.1) is 0 Å². The summed E-state index contributed by atoms with van der Waals surface area (Å²) in [5, 5.41) is 29.3. The van der Waals surface area contributed by atoms with Gasteiger partial charge < -0.3 is 31.5 Å². The van der Waals surface area contributed by atoms with Crippen LogP contribution in [0.25, 0.3) is 0 Å². The van der Waals surface area contributed by atoms with Crippen LogP contribution in [-0.2, 0) is 19.2 Å². The van der Waals surface area contributed by atoms with Crippen molar-refractivity contribution in [1.82, 2.24) is 21.3 Å². The Morgan fingerprint density at radius 2 is 1.82 bits per heavy atom. The number of aliphatic hydroxyl groups excluding tert-OH is 1. The molecule has 0 aromatic heterocycles. The highest BCUT2D eigenvalue weighted by Gasteiger charge is 2.32. The Labute approximate surface area is 168 Å². The molecule has 5 atom stereocenters. The van der Waals surface area contributed by atoms with E-state index in [4.69, 9.17) is 0 Å². The van der Waals surface area contributed by atoms with E-state index >= 15 is 0 Å². The van der Waals surface area contributed by atoms with Gasteiger partial charge in [0.1, 0.15) is 18.1 Å². The van der Waals surface area contributed by atoms with Gasteiger partial charge in [0.05, 0.1) is 12.1 Å². The Hall–Kier alpha value is -1.85. The molecule has 0 aliphatic carbocycles. The first-order valence-electron chi connectivity index (χ1n) is 9.21. The maximum absolute atomic E-state index is 12.4. The third-order valence-corrected chi connectivity index (χ3v) is 5.06. The van der Waals surface area contributed by atoms with E-state index in [1.54, 1.807) is 0 Å². The number of nitrogens with one attached hydrogen (secondary N) is 4.